The lowest BCUT2D eigenvalue weighted by atomic mass is 10.1. The van der Waals surface area contributed by atoms with E-state index < -0.39 is 0 Å². The number of nitrogens with one attached hydrogen (secondary N) is 1. The fourth-order valence-corrected chi connectivity index (χ4v) is 4.36. The molecule has 0 saturated heterocycles. The molecule has 3 aromatic carbocycles. The molecule has 7 nitrogen and oxygen atoms in total. The van der Waals surface area contributed by atoms with Crippen LogP contribution in [-0.4, -0.2) is 42.8 Å². The Bertz CT molecular complexity index is 1270. The van der Waals surface area contributed by atoms with Crippen molar-refractivity contribution in [1.29, 1.82) is 0 Å². The molecule has 1 heterocycles. The van der Waals surface area contributed by atoms with Crippen LogP contribution in [-0.2, 0) is 10.5 Å². The van der Waals surface area contributed by atoms with Gasteiger partial charge in [-0.2, -0.15) is 5.10 Å². The number of thioether (sulfide) groups is 1. The van der Waals surface area contributed by atoms with Crippen molar-refractivity contribution >= 4 is 23.4 Å². The zero-order chi connectivity index (χ0) is 24.6. The summed E-state index contributed by atoms with van der Waals surface area (Å²) in [6.07, 6.45) is 2.02. The molecule has 8 heteroatoms. The van der Waals surface area contributed by atoms with Gasteiger partial charge in [0.25, 0.3) is 0 Å². The van der Waals surface area contributed by atoms with Crippen LogP contribution in [0.4, 0.5) is 5.69 Å². The summed E-state index contributed by atoms with van der Waals surface area (Å²) in [5.41, 5.74) is 4.45. The number of ether oxygens (including phenoxy) is 3. The number of carbonyl (C=O) groups excluding carboxylic acids is 1. The van der Waals surface area contributed by atoms with Crippen molar-refractivity contribution in [2.24, 2.45) is 0 Å². The molecule has 1 aromatic heterocycles. The summed E-state index contributed by atoms with van der Waals surface area (Å²) in [5, 5.41) is 7.76. The number of nitrogens with zero attached hydrogens (tertiary/aromatic N) is 2. The second-order valence-corrected chi connectivity index (χ2v) is 8.60. The molecule has 180 valence electrons. The van der Waals surface area contributed by atoms with Crippen LogP contribution in [0.15, 0.2) is 79.0 Å². The molecule has 4 rings (SSSR count). The minimum absolute atomic E-state index is 0.122. The van der Waals surface area contributed by atoms with Gasteiger partial charge in [-0.25, -0.2) is 4.68 Å². The molecule has 35 heavy (non-hydrogen) atoms. The SMILES string of the molecule is COc1ccc(-c2nn(-c3ccccc3)cc2CSCC(=O)Nc2cc(OC)ccc2OC)cc1. The maximum atomic E-state index is 12.7. The second-order valence-electron chi connectivity index (χ2n) is 7.62. The Morgan fingerprint density at radius 3 is 2.31 bits per heavy atom. The molecular formula is C27H27N3O4S. The van der Waals surface area contributed by atoms with Gasteiger partial charge in [0.15, 0.2) is 0 Å². The molecule has 1 amide bonds. The first-order valence-corrected chi connectivity index (χ1v) is 12.1. The van der Waals surface area contributed by atoms with E-state index in [-0.39, 0.29) is 11.7 Å². The van der Waals surface area contributed by atoms with E-state index in [9.17, 15) is 4.79 Å². The van der Waals surface area contributed by atoms with Crippen LogP contribution in [0.25, 0.3) is 16.9 Å². The number of hydrogen-bond donors (Lipinski definition) is 1. The quantitative estimate of drug-likeness (QED) is 0.320. The fourth-order valence-electron chi connectivity index (χ4n) is 3.57. The van der Waals surface area contributed by atoms with Gasteiger partial charge in [-0.3, -0.25) is 4.79 Å². The summed E-state index contributed by atoms with van der Waals surface area (Å²) in [4.78, 5) is 12.7. The average molecular weight is 490 g/mol. The van der Waals surface area contributed by atoms with Gasteiger partial charge < -0.3 is 19.5 Å². The number of aromatic nitrogens is 2. The van der Waals surface area contributed by atoms with Crippen LogP contribution in [0.3, 0.4) is 0 Å². The van der Waals surface area contributed by atoms with E-state index in [4.69, 9.17) is 19.3 Å². The molecule has 0 unspecified atom stereocenters. The summed E-state index contributed by atoms with van der Waals surface area (Å²) in [6, 6.07) is 23.1. The predicted molar refractivity (Wildman–Crippen MR) is 140 cm³/mol. The maximum absolute atomic E-state index is 12.7. The van der Waals surface area contributed by atoms with Crippen molar-refractivity contribution < 1.29 is 19.0 Å². The van der Waals surface area contributed by atoms with Gasteiger partial charge >= 0.3 is 0 Å². The van der Waals surface area contributed by atoms with Crippen molar-refractivity contribution in [2.45, 2.75) is 5.75 Å². The Balaban J connectivity index is 1.49. The Kier molecular flexibility index (Phi) is 7.95. The Labute approximate surface area is 209 Å². The van der Waals surface area contributed by atoms with E-state index in [0.717, 1.165) is 28.3 Å². The number of benzene rings is 3. The third-order valence-electron chi connectivity index (χ3n) is 5.35. The zero-order valence-corrected chi connectivity index (χ0v) is 20.7. The van der Waals surface area contributed by atoms with Crippen molar-refractivity contribution in [2.75, 3.05) is 32.4 Å². The second kappa shape index (κ2) is 11.5. The molecule has 0 aliphatic rings. The van der Waals surface area contributed by atoms with E-state index in [1.165, 1.54) is 11.8 Å². The van der Waals surface area contributed by atoms with E-state index in [1.54, 1.807) is 39.5 Å². The van der Waals surface area contributed by atoms with Gasteiger partial charge in [0.2, 0.25) is 5.91 Å². The van der Waals surface area contributed by atoms with Crippen molar-refractivity contribution in [3.05, 3.63) is 84.6 Å². The number of anilines is 1. The Hall–Kier alpha value is -3.91. The third kappa shape index (κ3) is 5.96. The Morgan fingerprint density at radius 1 is 0.914 bits per heavy atom. The average Bonchev–Trinajstić information content (AvgIpc) is 3.33. The molecule has 4 aromatic rings. The molecule has 0 atom stereocenters. The van der Waals surface area contributed by atoms with E-state index in [1.807, 2.05) is 65.5 Å². The van der Waals surface area contributed by atoms with Crippen molar-refractivity contribution in [1.82, 2.24) is 9.78 Å². The van der Waals surface area contributed by atoms with Gasteiger partial charge in [0.1, 0.15) is 17.2 Å². The maximum Gasteiger partial charge on any atom is 0.234 e. The summed E-state index contributed by atoms with van der Waals surface area (Å²) >= 11 is 1.52. The van der Waals surface area contributed by atoms with Crippen molar-refractivity contribution in [3.8, 4) is 34.2 Å². The Morgan fingerprint density at radius 2 is 1.63 bits per heavy atom. The standard InChI is InChI=1S/C27H27N3O4S/c1-32-22-11-9-19(10-12-22)27-20(16-30(29-27)21-7-5-4-6-8-21)17-35-18-26(31)28-24-15-23(33-2)13-14-25(24)34-3/h4-16H,17-18H2,1-3H3,(H,28,31). The van der Waals surface area contributed by atoms with Gasteiger partial charge in [0, 0.05) is 29.1 Å². The van der Waals surface area contributed by atoms with Gasteiger partial charge in [0.05, 0.1) is 44.2 Å². The highest BCUT2D eigenvalue weighted by Gasteiger charge is 2.15. The first kappa shape index (κ1) is 24.2. The van der Waals surface area contributed by atoms with E-state index >= 15 is 0 Å². The summed E-state index contributed by atoms with van der Waals surface area (Å²) in [6.45, 7) is 0. The molecule has 1 N–H and O–H groups in total. The molecule has 0 fully saturated rings. The molecule has 0 aliphatic carbocycles. The molecule has 0 bridgehead atoms. The smallest absolute Gasteiger partial charge is 0.234 e. The summed E-state index contributed by atoms with van der Waals surface area (Å²) < 4.78 is 17.8. The summed E-state index contributed by atoms with van der Waals surface area (Å²) in [7, 11) is 4.80. The number of carbonyl (C=O) groups is 1. The lowest BCUT2D eigenvalue weighted by Crippen LogP contribution is -2.15. The molecule has 0 aliphatic heterocycles. The first-order valence-electron chi connectivity index (χ1n) is 11.0. The lowest BCUT2D eigenvalue weighted by molar-refractivity contribution is -0.113. The predicted octanol–water partition coefficient (Wildman–Crippen LogP) is 5.44. The van der Waals surface area contributed by atoms with Gasteiger partial charge in [-0.05, 0) is 48.5 Å². The monoisotopic (exact) mass is 489 g/mol. The molecule has 0 saturated carbocycles. The van der Waals surface area contributed by atoms with E-state index in [2.05, 4.69) is 5.32 Å². The third-order valence-corrected chi connectivity index (χ3v) is 6.33. The van der Waals surface area contributed by atoms with Crippen LogP contribution < -0.4 is 19.5 Å². The van der Waals surface area contributed by atoms with Crippen molar-refractivity contribution in [3.63, 3.8) is 0 Å². The van der Waals surface area contributed by atoms with E-state index in [0.29, 0.717) is 22.9 Å². The highest BCUT2D eigenvalue weighted by atomic mass is 32.2. The molecular weight excluding hydrogens is 462 g/mol. The zero-order valence-electron chi connectivity index (χ0n) is 19.9. The highest BCUT2D eigenvalue weighted by Crippen LogP contribution is 2.30. The number of rotatable bonds is 10. The molecule has 0 spiro atoms. The molecule has 0 radical (unpaired) electrons. The van der Waals surface area contributed by atoms with Crippen LogP contribution >= 0.6 is 11.8 Å². The van der Waals surface area contributed by atoms with Crippen LogP contribution in [0.5, 0.6) is 17.2 Å². The van der Waals surface area contributed by atoms with Crippen LogP contribution in [0.2, 0.25) is 0 Å². The number of methoxy groups -OCH3 is 3. The van der Waals surface area contributed by atoms with Gasteiger partial charge in [-0.15, -0.1) is 11.8 Å². The largest absolute Gasteiger partial charge is 0.497 e. The highest BCUT2D eigenvalue weighted by molar-refractivity contribution is 7.99. The van der Waals surface area contributed by atoms with Gasteiger partial charge in [-0.1, -0.05) is 18.2 Å². The normalized spacial score (nSPS) is 10.6. The number of amides is 1. The van der Waals surface area contributed by atoms with Crippen LogP contribution in [0, 0.1) is 0 Å². The minimum atomic E-state index is -0.122. The summed E-state index contributed by atoms with van der Waals surface area (Å²) in [5.74, 6) is 2.79. The number of hydrogen-bond acceptors (Lipinski definition) is 6. The minimum Gasteiger partial charge on any atom is -0.497 e. The number of para-hydroxylation sites is 1. The van der Waals surface area contributed by atoms with Crippen LogP contribution in [0.1, 0.15) is 5.56 Å². The first-order chi connectivity index (χ1) is 17.1. The lowest BCUT2D eigenvalue weighted by Gasteiger charge is -2.11. The topological polar surface area (TPSA) is 74.6 Å². The fraction of sp³-hybridized carbons (Fsp3) is 0.185.